The first-order chi connectivity index (χ1) is 10.6. The van der Waals surface area contributed by atoms with Gasteiger partial charge in [0, 0.05) is 25.4 Å². The molecule has 3 N–H and O–H groups in total. The summed E-state index contributed by atoms with van der Waals surface area (Å²) in [6.45, 7) is 0.325. The number of aromatic nitrogens is 2. The second-order valence-corrected chi connectivity index (χ2v) is 4.63. The molecule has 0 aliphatic carbocycles. The molecule has 2 aromatic rings. The lowest BCUT2D eigenvalue weighted by molar-refractivity contribution is -0.122. The zero-order chi connectivity index (χ0) is 15.9. The van der Waals surface area contributed by atoms with E-state index >= 15 is 0 Å². The number of aliphatic hydroxyl groups excluding tert-OH is 1. The van der Waals surface area contributed by atoms with Gasteiger partial charge in [-0.05, 0) is 17.7 Å². The van der Waals surface area contributed by atoms with Crippen LogP contribution in [-0.2, 0) is 17.9 Å². The number of rotatable bonds is 7. The maximum Gasteiger partial charge on any atom is 0.241 e. The van der Waals surface area contributed by atoms with Crippen molar-refractivity contribution in [3.63, 3.8) is 0 Å². The summed E-state index contributed by atoms with van der Waals surface area (Å²) in [5.74, 6) is -1.53. The van der Waals surface area contributed by atoms with Gasteiger partial charge in [0.1, 0.15) is 18.2 Å². The Bertz CT molecular complexity index is 625. The molecule has 6 nitrogen and oxygen atoms in total. The number of nitrogens with one attached hydrogen (secondary N) is 2. The van der Waals surface area contributed by atoms with E-state index in [-0.39, 0.29) is 32.1 Å². The maximum absolute atomic E-state index is 13.1. The van der Waals surface area contributed by atoms with Crippen LogP contribution in [0.1, 0.15) is 5.56 Å². The second-order valence-electron chi connectivity index (χ2n) is 4.63. The van der Waals surface area contributed by atoms with Crippen molar-refractivity contribution in [2.24, 2.45) is 0 Å². The van der Waals surface area contributed by atoms with Crippen LogP contribution < -0.4 is 10.6 Å². The number of halogens is 2. The third-order valence-electron chi connectivity index (χ3n) is 2.79. The molecular formula is C14H16F2N4O2. The number of benzene rings is 1. The van der Waals surface area contributed by atoms with Crippen LogP contribution in [0.25, 0.3) is 0 Å². The minimum Gasteiger partial charge on any atom is -0.395 e. The predicted octanol–water partition coefficient (Wildman–Crippen LogP) is 0.882. The Labute approximate surface area is 125 Å². The standard InChI is InChI=1S/C14H16F2N4O2/c15-11-3-10(4-12(16)5-11)6-18-13-7-19-20(8-13)9-14(22)17-1-2-21/h3-5,7-8,18,21H,1-2,6,9H2,(H,17,22). The van der Waals surface area contributed by atoms with Crippen molar-refractivity contribution in [3.05, 3.63) is 47.8 Å². The number of hydrogen-bond donors (Lipinski definition) is 3. The monoisotopic (exact) mass is 310 g/mol. The molecule has 0 aliphatic rings. The lowest BCUT2D eigenvalue weighted by atomic mass is 10.2. The summed E-state index contributed by atoms with van der Waals surface area (Å²) in [5.41, 5.74) is 1.09. The van der Waals surface area contributed by atoms with Crippen molar-refractivity contribution in [2.75, 3.05) is 18.5 Å². The van der Waals surface area contributed by atoms with Crippen molar-refractivity contribution < 1.29 is 18.7 Å². The number of amides is 1. The van der Waals surface area contributed by atoms with E-state index in [4.69, 9.17) is 5.11 Å². The van der Waals surface area contributed by atoms with E-state index in [1.165, 1.54) is 23.0 Å². The van der Waals surface area contributed by atoms with Crippen molar-refractivity contribution >= 4 is 11.6 Å². The molecular weight excluding hydrogens is 294 g/mol. The second kappa shape index (κ2) is 7.51. The van der Waals surface area contributed by atoms with Crippen LogP contribution >= 0.6 is 0 Å². The average Bonchev–Trinajstić information content (AvgIpc) is 2.89. The molecule has 0 aliphatic heterocycles. The van der Waals surface area contributed by atoms with Crippen molar-refractivity contribution in [2.45, 2.75) is 13.1 Å². The zero-order valence-corrected chi connectivity index (χ0v) is 11.7. The Morgan fingerprint density at radius 2 is 2.00 bits per heavy atom. The van der Waals surface area contributed by atoms with E-state index in [0.717, 1.165) is 6.07 Å². The molecule has 1 heterocycles. The smallest absolute Gasteiger partial charge is 0.241 e. The molecule has 0 fully saturated rings. The van der Waals surface area contributed by atoms with Gasteiger partial charge < -0.3 is 15.7 Å². The Balaban J connectivity index is 1.88. The van der Waals surface area contributed by atoms with Crippen molar-refractivity contribution in [1.29, 1.82) is 0 Å². The van der Waals surface area contributed by atoms with Crippen LogP contribution in [0.15, 0.2) is 30.6 Å². The number of carbonyl (C=O) groups excluding carboxylic acids is 1. The van der Waals surface area contributed by atoms with Crippen molar-refractivity contribution in [1.82, 2.24) is 15.1 Å². The molecule has 118 valence electrons. The number of nitrogens with zero attached hydrogens (tertiary/aromatic N) is 2. The van der Waals surface area contributed by atoms with E-state index in [9.17, 15) is 13.6 Å². The SMILES string of the molecule is O=C(Cn1cc(NCc2cc(F)cc(F)c2)cn1)NCCO. The number of aliphatic hydroxyl groups is 1. The Morgan fingerprint density at radius 1 is 1.27 bits per heavy atom. The molecule has 0 bridgehead atoms. The summed E-state index contributed by atoms with van der Waals surface area (Å²) in [6, 6.07) is 3.29. The summed E-state index contributed by atoms with van der Waals surface area (Å²) in [4.78, 5) is 11.4. The summed E-state index contributed by atoms with van der Waals surface area (Å²) in [7, 11) is 0. The molecule has 0 radical (unpaired) electrons. The third kappa shape index (κ3) is 4.81. The summed E-state index contributed by atoms with van der Waals surface area (Å²) in [5, 5.41) is 18.1. The van der Waals surface area contributed by atoms with Gasteiger partial charge in [0.25, 0.3) is 0 Å². The Hall–Kier alpha value is -2.48. The van der Waals surface area contributed by atoms with Crippen LogP contribution in [-0.4, -0.2) is 33.9 Å². The maximum atomic E-state index is 13.1. The molecule has 0 unspecified atom stereocenters. The number of carbonyl (C=O) groups is 1. The molecule has 22 heavy (non-hydrogen) atoms. The lowest BCUT2D eigenvalue weighted by Crippen LogP contribution is -2.30. The average molecular weight is 310 g/mol. The molecule has 0 saturated heterocycles. The van der Waals surface area contributed by atoms with Gasteiger partial charge in [0.2, 0.25) is 5.91 Å². The zero-order valence-electron chi connectivity index (χ0n) is 11.7. The van der Waals surface area contributed by atoms with E-state index in [1.54, 1.807) is 6.20 Å². The van der Waals surface area contributed by atoms with E-state index in [2.05, 4.69) is 15.7 Å². The fourth-order valence-electron chi connectivity index (χ4n) is 1.86. The first-order valence-corrected chi connectivity index (χ1v) is 6.65. The first kappa shape index (κ1) is 15.9. The van der Waals surface area contributed by atoms with Crippen LogP contribution in [0.2, 0.25) is 0 Å². The highest BCUT2D eigenvalue weighted by molar-refractivity contribution is 5.75. The topological polar surface area (TPSA) is 79.2 Å². The van der Waals surface area contributed by atoms with Gasteiger partial charge in [-0.15, -0.1) is 0 Å². The largest absolute Gasteiger partial charge is 0.395 e. The summed E-state index contributed by atoms with van der Waals surface area (Å²) >= 11 is 0. The quantitative estimate of drug-likeness (QED) is 0.709. The predicted molar refractivity (Wildman–Crippen MR) is 76.0 cm³/mol. The summed E-state index contributed by atoms with van der Waals surface area (Å²) in [6.07, 6.45) is 3.11. The molecule has 0 atom stereocenters. The van der Waals surface area contributed by atoms with Gasteiger partial charge in [-0.2, -0.15) is 5.10 Å². The first-order valence-electron chi connectivity index (χ1n) is 6.65. The fraction of sp³-hybridized carbons (Fsp3) is 0.286. The summed E-state index contributed by atoms with van der Waals surface area (Å²) < 4.78 is 27.5. The minimum absolute atomic E-state index is 0.0241. The molecule has 1 aromatic carbocycles. The van der Waals surface area contributed by atoms with Crippen LogP contribution in [0.3, 0.4) is 0 Å². The molecule has 0 spiro atoms. The molecule has 1 aromatic heterocycles. The Morgan fingerprint density at radius 3 is 2.68 bits per heavy atom. The van der Waals surface area contributed by atoms with E-state index < -0.39 is 11.6 Å². The van der Waals surface area contributed by atoms with Crippen molar-refractivity contribution in [3.8, 4) is 0 Å². The molecule has 8 heteroatoms. The van der Waals surface area contributed by atoms with Crippen LogP contribution in [0, 0.1) is 11.6 Å². The lowest BCUT2D eigenvalue weighted by Gasteiger charge is -2.05. The minimum atomic E-state index is -0.631. The Kier molecular flexibility index (Phi) is 5.42. The van der Waals surface area contributed by atoms with Crippen LogP contribution in [0.4, 0.5) is 14.5 Å². The third-order valence-corrected chi connectivity index (χ3v) is 2.79. The highest BCUT2D eigenvalue weighted by Gasteiger charge is 2.05. The normalized spacial score (nSPS) is 10.5. The van der Waals surface area contributed by atoms with Gasteiger partial charge in [-0.3, -0.25) is 9.48 Å². The van der Waals surface area contributed by atoms with Gasteiger partial charge in [0.05, 0.1) is 18.5 Å². The molecule has 2 rings (SSSR count). The van der Waals surface area contributed by atoms with Gasteiger partial charge in [-0.1, -0.05) is 0 Å². The van der Waals surface area contributed by atoms with Crippen LogP contribution in [0.5, 0.6) is 0 Å². The molecule has 0 saturated carbocycles. The highest BCUT2D eigenvalue weighted by Crippen LogP contribution is 2.11. The van der Waals surface area contributed by atoms with Gasteiger partial charge in [0.15, 0.2) is 0 Å². The van der Waals surface area contributed by atoms with Gasteiger partial charge >= 0.3 is 0 Å². The van der Waals surface area contributed by atoms with E-state index in [0.29, 0.717) is 11.3 Å². The van der Waals surface area contributed by atoms with Gasteiger partial charge in [-0.25, -0.2) is 8.78 Å². The highest BCUT2D eigenvalue weighted by atomic mass is 19.1. The fourth-order valence-corrected chi connectivity index (χ4v) is 1.86. The number of hydrogen-bond acceptors (Lipinski definition) is 4. The number of anilines is 1. The molecule has 1 amide bonds. The van der Waals surface area contributed by atoms with E-state index in [1.807, 2.05) is 0 Å².